The summed E-state index contributed by atoms with van der Waals surface area (Å²) in [5.74, 6) is -0.172. The number of rotatable bonds is 52. The number of hydrogen-bond donors (Lipinski definition) is 3. The van der Waals surface area contributed by atoms with Crippen molar-refractivity contribution in [3.63, 3.8) is 0 Å². The van der Waals surface area contributed by atoms with Gasteiger partial charge < -0.3 is 19.8 Å². The van der Waals surface area contributed by atoms with Crippen LogP contribution in [0.4, 0.5) is 0 Å². The van der Waals surface area contributed by atoms with Crippen LogP contribution >= 0.6 is 7.82 Å². The van der Waals surface area contributed by atoms with E-state index in [2.05, 4.69) is 19.2 Å². The summed E-state index contributed by atoms with van der Waals surface area (Å²) in [5.41, 5.74) is 0. The Morgan fingerprint density at radius 1 is 0.516 bits per heavy atom. The molecule has 0 fully saturated rings. The summed E-state index contributed by atoms with van der Waals surface area (Å²) >= 11 is 0. The summed E-state index contributed by atoms with van der Waals surface area (Å²) in [7, 11) is 1.59. The minimum Gasteiger partial charge on any atom is -0.387 e. The van der Waals surface area contributed by atoms with Gasteiger partial charge in [-0.25, -0.2) is 4.57 Å². The zero-order chi connectivity index (χ0) is 47.1. The number of amides is 1. The van der Waals surface area contributed by atoms with E-state index in [4.69, 9.17) is 9.05 Å². The van der Waals surface area contributed by atoms with Gasteiger partial charge in [0.15, 0.2) is 0 Å². The Bertz CT molecular complexity index is 1050. The normalized spacial score (nSPS) is 14.0. The van der Waals surface area contributed by atoms with Crippen molar-refractivity contribution < 1.29 is 32.9 Å². The molecule has 0 heterocycles. The monoisotopic (exact) mass is 928 g/mol. The minimum absolute atomic E-state index is 0.0648. The van der Waals surface area contributed by atoms with Crippen molar-refractivity contribution in [3.05, 3.63) is 12.2 Å². The highest BCUT2D eigenvalue weighted by Crippen LogP contribution is 2.43. The molecule has 8 nitrogen and oxygen atoms in total. The van der Waals surface area contributed by atoms with Gasteiger partial charge in [-0.15, -0.1) is 0 Å². The molecule has 0 aromatic rings. The molecule has 0 radical (unpaired) electrons. The van der Waals surface area contributed by atoms with Crippen molar-refractivity contribution in [2.45, 2.75) is 296 Å². The summed E-state index contributed by atoms with van der Waals surface area (Å²) in [5, 5.41) is 13.9. The fourth-order valence-electron chi connectivity index (χ4n) is 8.57. The number of allylic oxidation sites excluding steroid dienone is 1. The second-order valence-corrected chi connectivity index (χ2v) is 22.1. The van der Waals surface area contributed by atoms with Crippen molar-refractivity contribution in [2.75, 3.05) is 40.9 Å². The molecule has 1 amide bonds. The molecule has 0 rings (SSSR count). The third kappa shape index (κ3) is 49.2. The molecule has 0 saturated heterocycles. The van der Waals surface area contributed by atoms with Gasteiger partial charge in [0.1, 0.15) is 13.2 Å². The van der Waals surface area contributed by atoms with Crippen LogP contribution in [0, 0.1) is 0 Å². The van der Waals surface area contributed by atoms with Crippen LogP contribution in [-0.4, -0.2) is 73.4 Å². The van der Waals surface area contributed by atoms with Gasteiger partial charge in [0.05, 0.1) is 39.9 Å². The first-order valence-corrected chi connectivity index (χ1v) is 29.6. The number of nitrogens with one attached hydrogen (secondary N) is 1. The van der Waals surface area contributed by atoms with Gasteiger partial charge in [0.2, 0.25) is 5.91 Å². The maximum Gasteiger partial charge on any atom is 0.472 e. The lowest BCUT2D eigenvalue weighted by molar-refractivity contribution is -0.870. The molecule has 0 aliphatic carbocycles. The highest BCUT2D eigenvalue weighted by molar-refractivity contribution is 7.47. The number of aliphatic hydroxyl groups is 1. The van der Waals surface area contributed by atoms with E-state index in [1.165, 1.54) is 225 Å². The first-order chi connectivity index (χ1) is 31.0. The quantitative estimate of drug-likeness (QED) is 0.0243. The number of hydrogen-bond acceptors (Lipinski definition) is 5. The fraction of sp³-hybridized carbons (Fsp3) is 0.945. The standard InChI is InChI=1S/C55H111N2O6P/c1-6-8-10-12-14-16-18-20-21-22-23-24-25-26-27-28-29-30-31-32-33-34-35-36-37-39-41-43-45-47-49-55(59)56-53(52-63-64(60,61)62-51-50-57(3,4)5)54(58)48-46-44-42-40-38-19-17-15-13-11-9-7-2/h46,48,53-54,58H,6-45,47,49-52H2,1-5H3,(H-,56,59,60,61)/p+1/b48-46+. The predicted octanol–water partition coefficient (Wildman–Crippen LogP) is 16.7. The molecule has 3 atom stereocenters. The second-order valence-electron chi connectivity index (χ2n) is 20.7. The number of unbranched alkanes of at least 4 members (excludes halogenated alkanes) is 39. The second kappa shape index (κ2) is 47.3. The topological polar surface area (TPSA) is 105 Å². The van der Waals surface area contributed by atoms with Crippen LogP contribution < -0.4 is 5.32 Å². The lowest BCUT2D eigenvalue weighted by Gasteiger charge is -2.25. The Morgan fingerprint density at radius 2 is 0.828 bits per heavy atom. The van der Waals surface area contributed by atoms with Gasteiger partial charge >= 0.3 is 7.82 Å². The Labute approximate surface area is 399 Å². The smallest absolute Gasteiger partial charge is 0.387 e. The number of carbonyl (C=O) groups is 1. The molecule has 0 spiro atoms. The first-order valence-electron chi connectivity index (χ1n) is 28.1. The van der Waals surface area contributed by atoms with Crippen LogP contribution in [0.1, 0.15) is 284 Å². The van der Waals surface area contributed by atoms with Gasteiger partial charge in [-0.3, -0.25) is 13.8 Å². The number of phosphoric acid groups is 1. The number of aliphatic hydroxyl groups excluding tert-OH is 1. The van der Waals surface area contributed by atoms with Crippen LogP contribution in [0.25, 0.3) is 0 Å². The van der Waals surface area contributed by atoms with Crippen LogP contribution in [0.15, 0.2) is 12.2 Å². The van der Waals surface area contributed by atoms with Gasteiger partial charge in [0.25, 0.3) is 0 Å². The highest BCUT2D eigenvalue weighted by Gasteiger charge is 2.27. The number of nitrogens with zero attached hydrogens (tertiary/aromatic N) is 1. The summed E-state index contributed by atoms with van der Waals surface area (Å²) in [6.07, 6.45) is 57.5. The van der Waals surface area contributed by atoms with Gasteiger partial charge in [0, 0.05) is 6.42 Å². The summed E-state index contributed by atoms with van der Waals surface area (Å²) < 4.78 is 23.6. The SMILES string of the molecule is CCCCCCCCCCCC/C=C/C(O)C(COP(=O)(O)OCC[N+](C)(C)C)NC(=O)CCCCCCCCCCCCCCCCCCCCCCCCCCCCCCCC. The highest BCUT2D eigenvalue weighted by atomic mass is 31.2. The van der Waals surface area contributed by atoms with Crippen molar-refractivity contribution >= 4 is 13.7 Å². The van der Waals surface area contributed by atoms with E-state index in [0.29, 0.717) is 17.4 Å². The van der Waals surface area contributed by atoms with Gasteiger partial charge in [-0.2, -0.15) is 0 Å². The molecule has 9 heteroatoms. The molecule has 382 valence electrons. The van der Waals surface area contributed by atoms with E-state index in [0.717, 1.165) is 38.5 Å². The molecule has 0 aromatic carbocycles. The Balaban J connectivity index is 3.99. The van der Waals surface area contributed by atoms with E-state index in [1.807, 2.05) is 27.2 Å². The van der Waals surface area contributed by atoms with Crippen molar-refractivity contribution in [3.8, 4) is 0 Å². The third-order valence-corrected chi connectivity index (χ3v) is 14.0. The third-order valence-electron chi connectivity index (χ3n) is 13.0. The maximum absolute atomic E-state index is 12.9. The first kappa shape index (κ1) is 63.2. The van der Waals surface area contributed by atoms with E-state index in [1.54, 1.807) is 6.08 Å². The zero-order valence-corrected chi connectivity index (χ0v) is 44.4. The number of phosphoric ester groups is 1. The molecule has 0 bridgehead atoms. The predicted molar refractivity (Wildman–Crippen MR) is 277 cm³/mol. The maximum atomic E-state index is 12.9. The van der Waals surface area contributed by atoms with E-state index in [9.17, 15) is 19.4 Å². The summed E-state index contributed by atoms with van der Waals surface area (Å²) in [4.78, 5) is 23.2. The molecule has 3 unspecified atom stereocenters. The molecule has 0 aliphatic rings. The summed E-state index contributed by atoms with van der Waals surface area (Å²) in [6.45, 7) is 4.84. The number of carbonyl (C=O) groups excluding carboxylic acids is 1. The molecule has 0 aromatic heterocycles. The largest absolute Gasteiger partial charge is 0.472 e. The van der Waals surface area contributed by atoms with Gasteiger partial charge in [-0.05, 0) is 19.3 Å². The molecular weight excluding hydrogens is 816 g/mol. The molecule has 64 heavy (non-hydrogen) atoms. The Morgan fingerprint density at radius 3 is 1.16 bits per heavy atom. The number of likely N-dealkylation sites (N-methyl/N-ethyl adjacent to an activating group) is 1. The lowest BCUT2D eigenvalue weighted by atomic mass is 10.0. The van der Waals surface area contributed by atoms with Crippen LogP contribution in [0.2, 0.25) is 0 Å². The molecule has 0 saturated carbocycles. The average Bonchev–Trinajstić information content (AvgIpc) is 3.25. The molecule has 0 aliphatic heterocycles. The average molecular weight is 928 g/mol. The van der Waals surface area contributed by atoms with Crippen LogP contribution in [0.5, 0.6) is 0 Å². The number of quaternary nitrogens is 1. The van der Waals surface area contributed by atoms with Crippen LogP contribution in [0.3, 0.4) is 0 Å². The van der Waals surface area contributed by atoms with E-state index in [-0.39, 0.29) is 19.1 Å². The molecular formula is C55H112N2O6P+. The van der Waals surface area contributed by atoms with Gasteiger partial charge in [-0.1, -0.05) is 270 Å². The Hall–Kier alpha value is -0.760. The minimum atomic E-state index is -4.34. The fourth-order valence-corrected chi connectivity index (χ4v) is 9.31. The molecule has 3 N–H and O–H groups in total. The Kier molecular flexibility index (Phi) is 46.8. The van der Waals surface area contributed by atoms with Crippen LogP contribution in [-0.2, 0) is 18.4 Å². The summed E-state index contributed by atoms with van der Waals surface area (Å²) in [6, 6.07) is -0.840. The van der Waals surface area contributed by atoms with E-state index >= 15 is 0 Å². The van der Waals surface area contributed by atoms with E-state index < -0.39 is 20.0 Å². The van der Waals surface area contributed by atoms with Crippen molar-refractivity contribution in [1.29, 1.82) is 0 Å². The lowest BCUT2D eigenvalue weighted by Crippen LogP contribution is -2.45. The van der Waals surface area contributed by atoms with Crippen molar-refractivity contribution in [2.24, 2.45) is 0 Å². The van der Waals surface area contributed by atoms with Crippen molar-refractivity contribution in [1.82, 2.24) is 5.32 Å². The zero-order valence-electron chi connectivity index (χ0n) is 43.6.